The molecule has 4 N–H and O–H groups in total. The molecule has 11 heteroatoms. The lowest BCUT2D eigenvalue weighted by Gasteiger charge is -2.42. The van der Waals surface area contributed by atoms with E-state index in [4.69, 9.17) is 18.4 Å². The Morgan fingerprint density at radius 3 is 2.09 bits per heavy atom. The highest BCUT2D eigenvalue weighted by Gasteiger charge is 2.43. The first kappa shape index (κ1) is 33.0. The number of aliphatic imine (C=N–C) groups is 1. The number of aliphatic hydroxyl groups excluding tert-OH is 4. The summed E-state index contributed by atoms with van der Waals surface area (Å²) in [6.07, 6.45) is 0.861. The van der Waals surface area contributed by atoms with Gasteiger partial charge in [0, 0.05) is 40.0 Å². The Morgan fingerprint density at radius 2 is 1.58 bits per heavy atom. The van der Waals surface area contributed by atoms with Gasteiger partial charge in [0.1, 0.15) is 0 Å². The maximum Gasteiger partial charge on any atom is 0.321 e. The molecule has 0 aliphatic heterocycles. The lowest BCUT2D eigenvalue weighted by atomic mass is 10.2. The highest BCUT2D eigenvalue weighted by atomic mass is 28.5. The molecule has 0 amide bonds. The molecule has 0 spiro atoms. The minimum Gasteiger partial charge on any atom is -0.436 e. The van der Waals surface area contributed by atoms with Crippen LogP contribution in [0.2, 0.25) is 50.5 Å². The Balaban J connectivity index is 5.03. The van der Waals surface area contributed by atoms with E-state index in [0.717, 1.165) is 30.6 Å². The fraction of sp³-hybridized carbons (Fsp3) is 0.955. The number of ether oxygens (including phenoxy) is 1. The summed E-state index contributed by atoms with van der Waals surface area (Å²) < 4.78 is 18.9. The summed E-state index contributed by atoms with van der Waals surface area (Å²) in [6, 6.07) is 2.03. The second-order valence-electron chi connectivity index (χ2n) is 11.3. The van der Waals surface area contributed by atoms with Crippen molar-refractivity contribution in [1.29, 1.82) is 0 Å². The van der Waals surface area contributed by atoms with E-state index < -0.39 is 31.2 Å². The zero-order valence-corrected chi connectivity index (χ0v) is 25.3. The van der Waals surface area contributed by atoms with E-state index in [9.17, 15) is 15.3 Å². The van der Waals surface area contributed by atoms with Gasteiger partial charge in [0.2, 0.25) is 0 Å². The Morgan fingerprint density at radius 1 is 0.939 bits per heavy atom. The fourth-order valence-corrected chi connectivity index (χ4v) is 23.7. The molecule has 0 heterocycles. The van der Waals surface area contributed by atoms with Crippen LogP contribution < -0.4 is 0 Å². The van der Waals surface area contributed by atoms with Gasteiger partial charge >= 0.3 is 8.56 Å². The normalized spacial score (nSPS) is 16.7. The molecule has 0 fully saturated rings. The van der Waals surface area contributed by atoms with Crippen LogP contribution in [0.25, 0.3) is 0 Å². The van der Waals surface area contributed by atoms with E-state index in [2.05, 4.69) is 58.5 Å². The first-order valence-corrected chi connectivity index (χ1v) is 21.2. The van der Waals surface area contributed by atoms with E-state index >= 15 is 0 Å². The summed E-state index contributed by atoms with van der Waals surface area (Å²) in [5.74, 6) is 0. The van der Waals surface area contributed by atoms with Gasteiger partial charge in [-0.05, 0) is 65.0 Å². The van der Waals surface area contributed by atoms with Gasteiger partial charge in [-0.3, -0.25) is 4.99 Å². The van der Waals surface area contributed by atoms with Gasteiger partial charge in [-0.1, -0.05) is 19.1 Å². The van der Waals surface area contributed by atoms with Crippen LogP contribution in [0.15, 0.2) is 4.99 Å². The second-order valence-corrected chi connectivity index (χ2v) is 24.8. The Bertz CT molecular complexity index is 571. The molecule has 8 nitrogen and oxygen atoms in total. The van der Waals surface area contributed by atoms with E-state index in [0.29, 0.717) is 12.3 Å². The zero-order valence-electron chi connectivity index (χ0n) is 22.3. The molecule has 0 bridgehead atoms. The van der Waals surface area contributed by atoms with Crippen molar-refractivity contribution in [2.24, 2.45) is 4.99 Å². The van der Waals surface area contributed by atoms with Gasteiger partial charge in [-0.2, -0.15) is 0 Å². The second kappa shape index (κ2) is 15.2. The SMILES string of the molecule is CC(C)(C)O[Si](C)(C)O[Si](C)(CCCOCC(O)N=C(CO)CCO)C[Si](C)(C)CCCO. The van der Waals surface area contributed by atoms with Crippen LogP contribution >= 0.6 is 0 Å². The summed E-state index contributed by atoms with van der Waals surface area (Å²) in [7, 11) is -5.97. The van der Waals surface area contributed by atoms with Crippen LogP contribution in [0.3, 0.4) is 0 Å². The highest BCUT2D eigenvalue weighted by molar-refractivity contribution is 6.95. The van der Waals surface area contributed by atoms with Crippen LogP contribution in [-0.4, -0.2) is 96.0 Å². The summed E-state index contributed by atoms with van der Waals surface area (Å²) in [4.78, 5) is 3.99. The molecule has 2 atom stereocenters. The molecule has 0 rings (SSSR count). The number of hydrogen-bond donors (Lipinski definition) is 4. The fourth-order valence-electron chi connectivity index (χ4n) is 4.48. The van der Waals surface area contributed by atoms with Crippen LogP contribution in [-0.2, 0) is 13.3 Å². The van der Waals surface area contributed by atoms with Gasteiger partial charge in [-0.25, -0.2) is 0 Å². The standard InChI is InChI=1S/C22H51NO7Si3/c1-22(2,3)29-32(6,7)30-33(8,19-31(4,5)15-9-12-24)16-10-14-28-18-21(27)23-20(17-26)11-13-25/h21,24-27H,9-19H2,1-8H3. The molecule has 2 unspecified atom stereocenters. The number of hydrogen-bond acceptors (Lipinski definition) is 8. The third-order valence-electron chi connectivity index (χ3n) is 5.08. The smallest absolute Gasteiger partial charge is 0.321 e. The summed E-state index contributed by atoms with van der Waals surface area (Å²) in [5, 5.41) is 37.4. The molecule has 0 aromatic carbocycles. The van der Waals surface area contributed by atoms with Gasteiger partial charge in [0.15, 0.2) is 14.5 Å². The van der Waals surface area contributed by atoms with Gasteiger partial charge in [0.25, 0.3) is 0 Å². The van der Waals surface area contributed by atoms with Crippen molar-refractivity contribution >= 4 is 30.7 Å². The minimum atomic E-state index is -2.33. The summed E-state index contributed by atoms with van der Waals surface area (Å²) in [5.41, 5.74) is 1.22. The van der Waals surface area contributed by atoms with E-state index in [1.54, 1.807) is 0 Å². The predicted octanol–water partition coefficient (Wildman–Crippen LogP) is 3.27. The molecular formula is C22H51NO7Si3. The molecule has 0 aromatic rings. The van der Waals surface area contributed by atoms with Gasteiger partial charge in [0.05, 0.1) is 18.8 Å². The zero-order chi connectivity index (χ0) is 25.8. The Kier molecular flexibility index (Phi) is 15.2. The van der Waals surface area contributed by atoms with E-state index in [1.807, 2.05) is 0 Å². The summed E-state index contributed by atoms with van der Waals surface area (Å²) >= 11 is 0. The quantitative estimate of drug-likeness (QED) is 0.123. The summed E-state index contributed by atoms with van der Waals surface area (Å²) in [6.45, 7) is 17.9. The topological polar surface area (TPSA) is 121 Å². The highest BCUT2D eigenvalue weighted by Crippen LogP contribution is 2.33. The van der Waals surface area contributed by atoms with Crippen molar-refractivity contribution in [1.82, 2.24) is 0 Å². The monoisotopic (exact) mass is 525 g/mol. The average molecular weight is 526 g/mol. The largest absolute Gasteiger partial charge is 0.436 e. The van der Waals surface area contributed by atoms with Crippen LogP contribution in [0.1, 0.15) is 40.0 Å². The maximum atomic E-state index is 9.99. The van der Waals surface area contributed by atoms with Crippen molar-refractivity contribution in [2.75, 3.05) is 33.0 Å². The predicted molar refractivity (Wildman–Crippen MR) is 142 cm³/mol. The first-order chi connectivity index (χ1) is 15.1. The van der Waals surface area contributed by atoms with Crippen molar-refractivity contribution < 1.29 is 33.7 Å². The molecular weight excluding hydrogens is 475 g/mol. The van der Waals surface area contributed by atoms with Crippen molar-refractivity contribution in [3.63, 3.8) is 0 Å². The first-order valence-electron chi connectivity index (χ1n) is 12.1. The van der Waals surface area contributed by atoms with Gasteiger partial charge < -0.3 is 33.7 Å². The third kappa shape index (κ3) is 17.2. The third-order valence-corrected chi connectivity index (χ3v) is 20.1. The van der Waals surface area contributed by atoms with E-state index in [1.165, 1.54) is 0 Å². The lowest BCUT2D eigenvalue weighted by molar-refractivity contribution is 0.0411. The van der Waals surface area contributed by atoms with Crippen molar-refractivity contribution in [3.05, 3.63) is 0 Å². The average Bonchev–Trinajstić information content (AvgIpc) is 2.62. The van der Waals surface area contributed by atoms with Crippen molar-refractivity contribution in [2.45, 2.75) is 102 Å². The molecule has 33 heavy (non-hydrogen) atoms. The number of aliphatic hydroxyl groups is 4. The molecule has 0 aromatic heterocycles. The molecule has 198 valence electrons. The van der Waals surface area contributed by atoms with Crippen LogP contribution in [0, 0.1) is 0 Å². The molecule has 0 aliphatic rings. The number of nitrogens with zero attached hydrogens (tertiary/aromatic N) is 1. The van der Waals surface area contributed by atoms with Crippen LogP contribution in [0.4, 0.5) is 0 Å². The maximum absolute atomic E-state index is 9.99. The molecule has 0 saturated heterocycles. The van der Waals surface area contributed by atoms with Gasteiger partial charge in [-0.15, -0.1) is 0 Å². The molecule has 0 aliphatic carbocycles. The minimum absolute atomic E-state index is 0.0537. The molecule has 0 radical (unpaired) electrons. The number of rotatable bonds is 18. The Hall–Kier alpha value is 0.0406. The lowest BCUT2D eigenvalue weighted by Crippen LogP contribution is -2.54. The van der Waals surface area contributed by atoms with Crippen LogP contribution in [0.5, 0.6) is 0 Å². The van der Waals surface area contributed by atoms with Crippen molar-refractivity contribution in [3.8, 4) is 0 Å². The molecule has 0 saturated carbocycles. The van der Waals surface area contributed by atoms with E-state index in [-0.39, 0.29) is 38.4 Å². The Labute approximate surface area is 204 Å².